The number of hydrogen-bond acceptors (Lipinski definition) is 3. The molecule has 0 spiro atoms. The Bertz CT molecular complexity index is 126. The third-order valence-electron chi connectivity index (χ3n) is 1.41. The van der Waals surface area contributed by atoms with Crippen LogP contribution in [0.5, 0.6) is 0 Å². The van der Waals surface area contributed by atoms with Gasteiger partial charge in [-0.05, 0) is 14.1 Å². The molecular weight excluding hydrogens is 156 g/mol. The Hall–Kier alpha value is -0.610. The first-order chi connectivity index (χ1) is 5.66. The summed E-state index contributed by atoms with van der Waals surface area (Å²) in [7, 11) is 5.54. The number of carbonyl (C=O) groups excluding carboxylic acids is 1. The standard InChI is InChI=1S/C8H18N2O2/c1-10(2)6-5-9-8(11)4-7-12-3/h4-7H2,1-3H3,(H,9,11). The van der Waals surface area contributed by atoms with Gasteiger partial charge in [0.25, 0.3) is 0 Å². The summed E-state index contributed by atoms with van der Waals surface area (Å²) in [4.78, 5) is 13.0. The maximum atomic E-state index is 11.0. The maximum absolute atomic E-state index is 11.0. The van der Waals surface area contributed by atoms with Crippen LogP contribution >= 0.6 is 0 Å². The molecule has 12 heavy (non-hydrogen) atoms. The number of hydrogen-bond donors (Lipinski definition) is 1. The SMILES string of the molecule is COCCC(=O)NCCN(C)C. The third-order valence-corrected chi connectivity index (χ3v) is 1.41. The smallest absolute Gasteiger partial charge is 0.222 e. The molecule has 0 fully saturated rings. The zero-order valence-electron chi connectivity index (χ0n) is 8.09. The highest BCUT2D eigenvalue weighted by Crippen LogP contribution is 1.80. The molecule has 0 aliphatic carbocycles. The number of rotatable bonds is 6. The average Bonchev–Trinajstić information content (AvgIpc) is 2.00. The Kier molecular flexibility index (Phi) is 6.70. The predicted molar refractivity (Wildman–Crippen MR) is 48.1 cm³/mol. The molecule has 4 nitrogen and oxygen atoms in total. The lowest BCUT2D eigenvalue weighted by atomic mass is 10.4. The molecule has 4 heteroatoms. The first-order valence-corrected chi connectivity index (χ1v) is 4.07. The van der Waals surface area contributed by atoms with Crippen molar-refractivity contribution in [3.63, 3.8) is 0 Å². The molecule has 0 saturated heterocycles. The largest absolute Gasteiger partial charge is 0.384 e. The Morgan fingerprint density at radius 3 is 2.67 bits per heavy atom. The van der Waals surface area contributed by atoms with Crippen LogP contribution in [0, 0.1) is 0 Å². The van der Waals surface area contributed by atoms with E-state index >= 15 is 0 Å². The van der Waals surface area contributed by atoms with Crippen molar-refractivity contribution in [2.75, 3.05) is 40.9 Å². The van der Waals surface area contributed by atoms with Gasteiger partial charge in [0.05, 0.1) is 6.61 Å². The number of nitrogens with one attached hydrogen (secondary N) is 1. The molecule has 0 rings (SSSR count). The van der Waals surface area contributed by atoms with E-state index < -0.39 is 0 Å². The Morgan fingerprint density at radius 2 is 2.17 bits per heavy atom. The van der Waals surface area contributed by atoms with Crippen molar-refractivity contribution < 1.29 is 9.53 Å². The molecule has 0 heterocycles. The summed E-state index contributed by atoms with van der Waals surface area (Å²) < 4.78 is 4.77. The second kappa shape index (κ2) is 7.06. The van der Waals surface area contributed by atoms with Gasteiger partial charge in [0.2, 0.25) is 5.91 Å². The van der Waals surface area contributed by atoms with Gasteiger partial charge >= 0.3 is 0 Å². The Balaban J connectivity index is 3.20. The monoisotopic (exact) mass is 174 g/mol. The fourth-order valence-corrected chi connectivity index (χ4v) is 0.702. The number of likely N-dealkylation sites (N-methyl/N-ethyl adjacent to an activating group) is 1. The Morgan fingerprint density at radius 1 is 1.50 bits per heavy atom. The summed E-state index contributed by atoms with van der Waals surface area (Å²) in [5.41, 5.74) is 0. The average molecular weight is 174 g/mol. The molecule has 0 aromatic rings. The van der Waals surface area contributed by atoms with Crippen LogP contribution in [0.15, 0.2) is 0 Å². The number of methoxy groups -OCH3 is 1. The van der Waals surface area contributed by atoms with E-state index in [1.165, 1.54) is 0 Å². The van der Waals surface area contributed by atoms with Crippen LogP contribution in [0.3, 0.4) is 0 Å². The summed E-state index contributed by atoms with van der Waals surface area (Å²) in [6.07, 6.45) is 0.448. The molecule has 0 bridgehead atoms. The summed E-state index contributed by atoms with van der Waals surface area (Å²) >= 11 is 0. The second-order valence-electron chi connectivity index (χ2n) is 2.90. The van der Waals surface area contributed by atoms with Gasteiger partial charge in [0.1, 0.15) is 0 Å². The number of carbonyl (C=O) groups is 1. The van der Waals surface area contributed by atoms with Crippen LogP contribution in [0.1, 0.15) is 6.42 Å². The summed E-state index contributed by atoms with van der Waals surface area (Å²) in [6, 6.07) is 0. The van der Waals surface area contributed by atoms with Crippen LogP contribution in [0.2, 0.25) is 0 Å². The minimum atomic E-state index is 0.0544. The van der Waals surface area contributed by atoms with Gasteiger partial charge in [-0.2, -0.15) is 0 Å². The van der Waals surface area contributed by atoms with Gasteiger partial charge in [0, 0.05) is 26.6 Å². The quantitative estimate of drug-likeness (QED) is 0.601. The van der Waals surface area contributed by atoms with Crippen LogP contribution in [-0.2, 0) is 9.53 Å². The van der Waals surface area contributed by atoms with Crippen LogP contribution in [0.25, 0.3) is 0 Å². The molecule has 1 amide bonds. The van der Waals surface area contributed by atoms with Crippen molar-refractivity contribution in [2.24, 2.45) is 0 Å². The second-order valence-corrected chi connectivity index (χ2v) is 2.90. The molecule has 0 aliphatic rings. The van der Waals surface area contributed by atoms with Crippen molar-refractivity contribution in [3.05, 3.63) is 0 Å². The molecule has 0 aromatic carbocycles. The van der Waals surface area contributed by atoms with Crippen molar-refractivity contribution in [3.8, 4) is 0 Å². The topological polar surface area (TPSA) is 41.6 Å². The van der Waals surface area contributed by atoms with Crippen molar-refractivity contribution in [1.29, 1.82) is 0 Å². The Labute approximate surface area is 73.9 Å². The zero-order valence-corrected chi connectivity index (χ0v) is 8.09. The lowest BCUT2D eigenvalue weighted by molar-refractivity contribution is -0.121. The van der Waals surface area contributed by atoms with Crippen LogP contribution < -0.4 is 5.32 Å². The van der Waals surface area contributed by atoms with Gasteiger partial charge in [-0.15, -0.1) is 0 Å². The van der Waals surface area contributed by atoms with E-state index in [4.69, 9.17) is 4.74 Å². The number of nitrogens with zero attached hydrogens (tertiary/aromatic N) is 1. The molecule has 0 aromatic heterocycles. The summed E-state index contributed by atoms with van der Waals surface area (Å²) in [5.74, 6) is 0.0544. The molecule has 72 valence electrons. The maximum Gasteiger partial charge on any atom is 0.222 e. The number of amides is 1. The van der Waals surface area contributed by atoms with E-state index in [0.717, 1.165) is 6.54 Å². The highest BCUT2D eigenvalue weighted by Gasteiger charge is 1.98. The van der Waals surface area contributed by atoms with Crippen molar-refractivity contribution in [1.82, 2.24) is 10.2 Å². The summed E-state index contributed by atoms with van der Waals surface area (Å²) in [5, 5.41) is 2.79. The minimum Gasteiger partial charge on any atom is -0.384 e. The predicted octanol–water partition coefficient (Wildman–Crippen LogP) is -0.299. The summed E-state index contributed by atoms with van der Waals surface area (Å²) in [6.45, 7) is 2.07. The van der Waals surface area contributed by atoms with Gasteiger partial charge in [0.15, 0.2) is 0 Å². The van der Waals surface area contributed by atoms with E-state index in [2.05, 4.69) is 5.32 Å². The van der Waals surface area contributed by atoms with Crippen LogP contribution in [0.4, 0.5) is 0 Å². The van der Waals surface area contributed by atoms with Gasteiger partial charge < -0.3 is 15.0 Å². The lowest BCUT2D eigenvalue weighted by Crippen LogP contribution is -2.31. The van der Waals surface area contributed by atoms with E-state index in [1.807, 2.05) is 19.0 Å². The molecule has 0 aliphatic heterocycles. The van der Waals surface area contributed by atoms with Crippen molar-refractivity contribution >= 4 is 5.91 Å². The molecule has 1 N–H and O–H groups in total. The first kappa shape index (κ1) is 11.4. The fourth-order valence-electron chi connectivity index (χ4n) is 0.702. The number of ether oxygens (including phenoxy) is 1. The van der Waals surface area contributed by atoms with E-state index in [0.29, 0.717) is 19.6 Å². The molecule has 0 atom stereocenters. The van der Waals surface area contributed by atoms with E-state index in [-0.39, 0.29) is 5.91 Å². The van der Waals surface area contributed by atoms with Gasteiger partial charge in [-0.3, -0.25) is 4.79 Å². The molecular formula is C8H18N2O2. The zero-order chi connectivity index (χ0) is 9.40. The minimum absolute atomic E-state index is 0.0544. The highest BCUT2D eigenvalue weighted by atomic mass is 16.5. The van der Waals surface area contributed by atoms with Crippen LogP contribution in [-0.4, -0.2) is 51.7 Å². The molecule has 0 unspecified atom stereocenters. The molecule has 0 saturated carbocycles. The van der Waals surface area contributed by atoms with E-state index in [9.17, 15) is 4.79 Å². The normalized spacial score (nSPS) is 10.3. The fraction of sp³-hybridized carbons (Fsp3) is 0.875. The van der Waals surface area contributed by atoms with Crippen molar-refractivity contribution in [2.45, 2.75) is 6.42 Å². The lowest BCUT2D eigenvalue weighted by Gasteiger charge is -2.09. The van der Waals surface area contributed by atoms with Gasteiger partial charge in [-0.25, -0.2) is 0 Å². The van der Waals surface area contributed by atoms with E-state index in [1.54, 1.807) is 7.11 Å². The molecule has 0 radical (unpaired) electrons. The van der Waals surface area contributed by atoms with Gasteiger partial charge in [-0.1, -0.05) is 0 Å². The first-order valence-electron chi connectivity index (χ1n) is 4.07. The third kappa shape index (κ3) is 7.50. The highest BCUT2D eigenvalue weighted by molar-refractivity contribution is 5.75.